The molecule has 0 heterocycles. The van der Waals surface area contributed by atoms with Gasteiger partial charge in [-0.1, -0.05) is 12.1 Å². The molecule has 0 saturated carbocycles. The van der Waals surface area contributed by atoms with Crippen LogP contribution in [0.2, 0.25) is 0 Å². The molecular formula is C9H11NO4. The fourth-order valence-corrected chi connectivity index (χ4v) is 1.27. The minimum atomic E-state index is -0.509. The van der Waals surface area contributed by atoms with Gasteiger partial charge in [0.15, 0.2) is 0 Å². The number of nitrogens with zero attached hydrogens (tertiary/aromatic N) is 1. The van der Waals surface area contributed by atoms with E-state index in [-0.39, 0.29) is 18.9 Å². The van der Waals surface area contributed by atoms with E-state index in [1.54, 1.807) is 12.1 Å². The molecule has 0 atom stereocenters. The Morgan fingerprint density at radius 1 is 1.57 bits per heavy atom. The summed E-state index contributed by atoms with van der Waals surface area (Å²) < 4.78 is 4.87. The average molecular weight is 197 g/mol. The van der Waals surface area contributed by atoms with Crippen molar-refractivity contribution >= 4 is 5.69 Å². The zero-order chi connectivity index (χ0) is 10.6. The molecule has 0 aliphatic rings. The number of nitro groups is 1. The zero-order valence-corrected chi connectivity index (χ0v) is 7.77. The number of methoxy groups -OCH3 is 1. The fraction of sp³-hybridized carbons (Fsp3) is 0.333. The number of ether oxygens (including phenoxy) is 1. The van der Waals surface area contributed by atoms with Crippen molar-refractivity contribution in [3.8, 4) is 0 Å². The Hall–Kier alpha value is -1.46. The number of hydrogen-bond acceptors (Lipinski definition) is 4. The van der Waals surface area contributed by atoms with Crippen molar-refractivity contribution in [3.63, 3.8) is 0 Å². The predicted octanol–water partition coefficient (Wildman–Crippen LogP) is 1.23. The van der Waals surface area contributed by atoms with Crippen molar-refractivity contribution in [1.29, 1.82) is 0 Å². The van der Waals surface area contributed by atoms with Gasteiger partial charge in [-0.05, 0) is 5.56 Å². The summed E-state index contributed by atoms with van der Waals surface area (Å²) in [6.07, 6.45) is 0. The molecule has 0 radical (unpaired) electrons. The fourth-order valence-electron chi connectivity index (χ4n) is 1.27. The maximum Gasteiger partial charge on any atom is 0.275 e. The predicted molar refractivity (Wildman–Crippen MR) is 49.7 cm³/mol. The van der Waals surface area contributed by atoms with E-state index in [2.05, 4.69) is 0 Å². The third-order valence-corrected chi connectivity index (χ3v) is 1.90. The minimum absolute atomic E-state index is 0.0675. The van der Waals surface area contributed by atoms with Gasteiger partial charge in [-0.3, -0.25) is 10.1 Å². The van der Waals surface area contributed by atoms with Gasteiger partial charge in [0, 0.05) is 13.2 Å². The van der Waals surface area contributed by atoms with E-state index in [0.717, 1.165) is 0 Å². The van der Waals surface area contributed by atoms with Gasteiger partial charge in [-0.15, -0.1) is 0 Å². The molecule has 1 rings (SSSR count). The molecule has 1 aromatic rings. The van der Waals surface area contributed by atoms with Crippen LogP contribution in [-0.2, 0) is 18.0 Å². The standard InChI is InChI=1S/C9H11NO4/c1-14-6-7-3-2-4-9(10(12)13)8(7)5-11/h2-4,11H,5-6H2,1H3. The largest absolute Gasteiger partial charge is 0.391 e. The van der Waals surface area contributed by atoms with Crippen molar-refractivity contribution < 1.29 is 14.8 Å². The summed E-state index contributed by atoms with van der Waals surface area (Å²) in [6, 6.07) is 4.64. The third-order valence-electron chi connectivity index (χ3n) is 1.90. The highest BCUT2D eigenvalue weighted by Crippen LogP contribution is 2.22. The van der Waals surface area contributed by atoms with Crippen molar-refractivity contribution in [2.45, 2.75) is 13.2 Å². The molecule has 0 amide bonds. The van der Waals surface area contributed by atoms with Crippen LogP contribution in [0.15, 0.2) is 18.2 Å². The monoisotopic (exact) mass is 197 g/mol. The normalized spacial score (nSPS) is 10.1. The lowest BCUT2D eigenvalue weighted by Crippen LogP contribution is -2.01. The molecule has 14 heavy (non-hydrogen) atoms. The van der Waals surface area contributed by atoms with Crippen LogP contribution in [0.3, 0.4) is 0 Å². The topological polar surface area (TPSA) is 72.6 Å². The summed E-state index contributed by atoms with van der Waals surface area (Å²) in [5, 5.41) is 19.6. The molecule has 1 N–H and O–H groups in total. The molecule has 0 unspecified atom stereocenters. The molecule has 0 aliphatic heterocycles. The van der Waals surface area contributed by atoms with Gasteiger partial charge in [0.1, 0.15) is 0 Å². The maximum atomic E-state index is 10.6. The summed E-state index contributed by atoms with van der Waals surface area (Å²) in [7, 11) is 1.50. The van der Waals surface area contributed by atoms with Gasteiger partial charge in [0.2, 0.25) is 0 Å². The summed E-state index contributed by atoms with van der Waals surface area (Å²) in [6.45, 7) is -0.0899. The van der Waals surface area contributed by atoms with Gasteiger partial charge in [-0.2, -0.15) is 0 Å². The van der Waals surface area contributed by atoms with Crippen LogP contribution in [0.25, 0.3) is 0 Å². The van der Waals surface area contributed by atoms with Crippen LogP contribution in [0.1, 0.15) is 11.1 Å². The number of hydrogen-bond donors (Lipinski definition) is 1. The molecule has 0 aromatic heterocycles. The first-order chi connectivity index (χ1) is 6.70. The molecule has 0 aliphatic carbocycles. The smallest absolute Gasteiger partial charge is 0.275 e. The second kappa shape index (κ2) is 4.69. The first-order valence-electron chi connectivity index (χ1n) is 4.05. The Kier molecular flexibility index (Phi) is 3.55. The van der Waals surface area contributed by atoms with E-state index in [1.807, 2.05) is 0 Å². The Balaban J connectivity index is 3.17. The summed E-state index contributed by atoms with van der Waals surface area (Å²) in [5.74, 6) is 0. The molecular weight excluding hydrogens is 186 g/mol. The Labute approximate surface area is 81.1 Å². The molecule has 0 saturated heterocycles. The highest BCUT2D eigenvalue weighted by molar-refractivity contribution is 5.44. The lowest BCUT2D eigenvalue weighted by molar-refractivity contribution is -0.386. The summed E-state index contributed by atoms with van der Waals surface area (Å²) >= 11 is 0. The van der Waals surface area contributed by atoms with E-state index in [1.165, 1.54) is 13.2 Å². The summed E-state index contributed by atoms with van der Waals surface area (Å²) in [4.78, 5) is 10.1. The summed E-state index contributed by atoms with van der Waals surface area (Å²) in [5.41, 5.74) is 0.894. The van der Waals surface area contributed by atoms with Crippen LogP contribution < -0.4 is 0 Å². The molecule has 0 fully saturated rings. The first kappa shape index (κ1) is 10.6. The van der Waals surface area contributed by atoms with Crippen molar-refractivity contribution in [2.24, 2.45) is 0 Å². The van der Waals surface area contributed by atoms with Crippen LogP contribution in [0.4, 0.5) is 5.69 Å². The van der Waals surface area contributed by atoms with Crippen LogP contribution in [0.5, 0.6) is 0 Å². The number of aliphatic hydroxyl groups excluding tert-OH is 1. The van der Waals surface area contributed by atoms with E-state index >= 15 is 0 Å². The van der Waals surface area contributed by atoms with Gasteiger partial charge in [0.25, 0.3) is 5.69 Å². The highest BCUT2D eigenvalue weighted by atomic mass is 16.6. The van der Waals surface area contributed by atoms with Gasteiger partial charge in [0.05, 0.1) is 23.7 Å². The van der Waals surface area contributed by atoms with Crippen LogP contribution in [0, 0.1) is 10.1 Å². The van der Waals surface area contributed by atoms with Gasteiger partial charge in [-0.25, -0.2) is 0 Å². The second-order valence-corrected chi connectivity index (χ2v) is 2.76. The Morgan fingerprint density at radius 2 is 2.29 bits per heavy atom. The van der Waals surface area contributed by atoms with E-state index in [4.69, 9.17) is 9.84 Å². The average Bonchev–Trinajstić information content (AvgIpc) is 2.18. The van der Waals surface area contributed by atoms with Crippen molar-refractivity contribution in [3.05, 3.63) is 39.4 Å². The molecule has 5 nitrogen and oxygen atoms in total. The van der Waals surface area contributed by atoms with Crippen molar-refractivity contribution in [1.82, 2.24) is 0 Å². The number of aliphatic hydroxyl groups is 1. The quantitative estimate of drug-likeness (QED) is 0.582. The molecule has 76 valence electrons. The SMILES string of the molecule is COCc1cccc([N+](=O)[O-])c1CO. The minimum Gasteiger partial charge on any atom is -0.391 e. The van der Waals surface area contributed by atoms with Gasteiger partial charge < -0.3 is 9.84 Å². The van der Waals surface area contributed by atoms with E-state index in [0.29, 0.717) is 11.1 Å². The van der Waals surface area contributed by atoms with E-state index in [9.17, 15) is 10.1 Å². The van der Waals surface area contributed by atoms with Crippen molar-refractivity contribution in [2.75, 3.05) is 7.11 Å². The molecule has 5 heteroatoms. The van der Waals surface area contributed by atoms with Crippen LogP contribution in [-0.4, -0.2) is 17.1 Å². The Bertz CT molecular complexity index is 338. The lowest BCUT2D eigenvalue weighted by Gasteiger charge is -2.06. The second-order valence-electron chi connectivity index (χ2n) is 2.76. The lowest BCUT2D eigenvalue weighted by atomic mass is 10.1. The van der Waals surface area contributed by atoms with Gasteiger partial charge >= 0.3 is 0 Å². The highest BCUT2D eigenvalue weighted by Gasteiger charge is 2.15. The Morgan fingerprint density at radius 3 is 2.79 bits per heavy atom. The molecule has 0 spiro atoms. The van der Waals surface area contributed by atoms with E-state index < -0.39 is 4.92 Å². The van der Waals surface area contributed by atoms with Crippen LogP contribution >= 0.6 is 0 Å². The number of benzene rings is 1. The molecule has 0 bridgehead atoms. The third kappa shape index (κ3) is 2.07. The number of nitro benzene ring substituents is 1. The first-order valence-corrected chi connectivity index (χ1v) is 4.05. The zero-order valence-electron chi connectivity index (χ0n) is 7.77. The maximum absolute atomic E-state index is 10.6. The molecule has 1 aromatic carbocycles. The number of rotatable bonds is 4.